The molecule has 124 valence electrons. The van der Waals surface area contributed by atoms with E-state index in [9.17, 15) is 0 Å². The average molecular weight is 322 g/mol. The molecule has 0 N–H and O–H groups in total. The number of likely N-dealkylation sites (tertiary alicyclic amines) is 1. The Morgan fingerprint density at radius 3 is 2.67 bits per heavy atom. The molecule has 1 aromatic carbocycles. The number of pyridine rings is 1. The van der Waals surface area contributed by atoms with Gasteiger partial charge in [0.1, 0.15) is 0 Å². The number of hydrogen-bond donors (Lipinski definition) is 0. The van der Waals surface area contributed by atoms with E-state index in [0.717, 1.165) is 38.0 Å². The van der Waals surface area contributed by atoms with Crippen LogP contribution in [0.25, 0.3) is 10.9 Å². The smallest absolute Gasteiger partial charge is 0.212 e. The predicted molar refractivity (Wildman–Crippen MR) is 94.1 cm³/mol. The van der Waals surface area contributed by atoms with Crippen LogP contribution in [0.4, 0.5) is 0 Å². The molecular weight excluding hydrogens is 300 g/mol. The van der Waals surface area contributed by atoms with Crippen molar-refractivity contribution in [3.63, 3.8) is 0 Å². The van der Waals surface area contributed by atoms with Crippen molar-refractivity contribution in [2.24, 2.45) is 0 Å². The van der Waals surface area contributed by atoms with Gasteiger partial charge in [-0.1, -0.05) is 24.3 Å². The zero-order chi connectivity index (χ0) is 16.4. The van der Waals surface area contributed by atoms with Crippen molar-refractivity contribution in [1.29, 1.82) is 0 Å². The molecule has 0 bridgehead atoms. The standard InChI is InChI=1S/C19H22N4O/c1-24-19-7-6-15(12-20-19)13-22-10-8-17(9-11-22)23-14-16-4-2-3-5-18(16)21-23/h2-7,12,14,17H,8-11,13H2,1H3. The molecular formula is C19H22N4O. The fraction of sp³-hybridized carbons (Fsp3) is 0.368. The van der Waals surface area contributed by atoms with Gasteiger partial charge in [-0.15, -0.1) is 0 Å². The van der Waals surface area contributed by atoms with Gasteiger partial charge in [0.25, 0.3) is 0 Å². The SMILES string of the molecule is COc1ccc(CN2CCC(n3cc4ccccc4n3)CC2)cn1. The van der Waals surface area contributed by atoms with Gasteiger partial charge in [-0.2, -0.15) is 5.10 Å². The van der Waals surface area contributed by atoms with E-state index < -0.39 is 0 Å². The van der Waals surface area contributed by atoms with Gasteiger partial charge in [0.05, 0.1) is 18.7 Å². The molecule has 3 heterocycles. The van der Waals surface area contributed by atoms with Crippen LogP contribution in [0.3, 0.4) is 0 Å². The number of ether oxygens (including phenoxy) is 1. The Bertz CT molecular complexity index is 771. The highest BCUT2D eigenvalue weighted by atomic mass is 16.5. The average Bonchev–Trinajstić information content (AvgIpc) is 3.07. The fourth-order valence-electron chi connectivity index (χ4n) is 3.40. The molecule has 0 unspecified atom stereocenters. The molecule has 1 aliphatic rings. The van der Waals surface area contributed by atoms with Crippen LogP contribution in [0.5, 0.6) is 5.88 Å². The number of hydrogen-bond acceptors (Lipinski definition) is 4. The Balaban J connectivity index is 1.37. The zero-order valence-electron chi connectivity index (χ0n) is 13.9. The Labute approximate surface area is 141 Å². The first-order chi connectivity index (χ1) is 11.8. The summed E-state index contributed by atoms with van der Waals surface area (Å²) in [6.45, 7) is 3.13. The van der Waals surface area contributed by atoms with Crippen LogP contribution in [0, 0.1) is 0 Å². The van der Waals surface area contributed by atoms with Gasteiger partial charge in [-0.25, -0.2) is 4.98 Å². The van der Waals surface area contributed by atoms with Crippen LogP contribution in [0.15, 0.2) is 48.8 Å². The summed E-state index contributed by atoms with van der Waals surface area (Å²) < 4.78 is 7.28. The molecule has 1 fully saturated rings. The lowest BCUT2D eigenvalue weighted by Crippen LogP contribution is -2.34. The second kappa shape index (κ2) is 6.61. The number of methoxy groups -OCH3 is 1. The molecule has 5 heteroatoms. The lowest BCUT2D eigenvalue weighted by molar-refractivity contribution is 0.173. The molecule has 4 rings (SSSR count). The molecule has 0 aliphatic carbocycles. The number of aromatic nitrogens is 3. The normalized spacial score (nSPS) is 16.5. The minimum Gasteiger partial charge on any atom is -0.481 e. The molecule has 1 aliphatic heterocycles. The minimum atomic E-state index is 0.502. The van der Waals surface area contributed by atoms with Crippen LogP contribution >= 0.6 is 0 Å². The van der Waals surface area contributed by atoms with E-state index in [0.29, 0.717) is 11.9 Å². The molecule has 2 aromatic heterocycles. The van der Waals surface area contributed by atoms with E-state index in [1.54, 1.807) is 7.11 Å². The van der Waals surface area contributed by atoms with Gasteiger partial charge in [-0.05, 0) is 24.5 Å². The van der Waals surface area contributed by atoms with Crippen molar-refractivity contribution >= 4 is 10.9 Å². The largest absolute Gasteiger partial charge is 0.481 e. The first-order valence-electron chi connectivity index (χ1n) is 8.47. The third kappa shape index (κ3) is 3.12. The maximum absolute atomic E-state index is 5.11. The van der Waals surface area contributed by atoms with E-state index in [-0.39, 0.29) is 0 Å². The van der Waals surface area contributed by atoms with E-state index in [4.69, 9.17) is 9.84 Å². The Kier molecular flexibility index (Phi) is 4.17. The highest BCUT2D eigenvalue weighted by molar-refractivity contribution is 5.77. The van der Waals surface area contributed by atoms with E-state index in [2.05, 4.69) is 45.0 Å². The van der Waals surface area contributed by atoms with Crippen molar-refractivity contribution in [2.45, 2.75) is 25.4 Å². The summed E-state index contributed by atoms with van der Waals surface area (Å²) in [5.74, 6) is 0.670. The van der Waals surface area contributed by atoms with Crippen LogP contribution in [-0.4, -0.2) is 39.9 Å². The predicted octanol–water partition coefficient (Wildman–Crippen LogP) is 3.28. The third-order valence-corrected chi connectivity index (χ3v) is 4.78. The van der Waals surface area contributed by atoms with Gasteiger partial charge >= 0.3 is 0 Å². The van der Waals surface area contributed by atoms with E-state index >= 15 is 0 Å². The quantitative estimate of drug-likeness (QED) is 0.739. The number of piperidine rings is 1. The summed E-state index contributed by atoms with van der Waals surface area (Å²) in [5, 5.41) is 5.96. The molecule has 0 radical (unpaired) electrons. The van der Waals surface area contributed by atoms with Crippen LogP contribution < -0.4 is 4.74 Å². The Morgan fingerprint density at radius 1 is 1.12 bits per heavy atom. The van der Waals surface area contributed by atoms with Crippen molar-refractivity contribution in [2.75, 3.05) is 20.2 Å². The molecule has 3 aromatic rings. The van der Waals surface area contributed by atoms with Gasteiger partial charge in [-0.3, -0.25) is 9.58 Å². The molecule has 0 atom stereocenters. The van der Waals surface area contributed by atoms with Crippen molar-refractivity contribution in [1.82, 2.24) is 19.7 Å². The number of benzene rings is 1. The monoisotopic (exact) mass is 322 g/mol. The molecule has 0 amide bonds. The van der Waals surface area contributed by atoms with E-state index in [1.165, 1.54) is 10.9 Å². The van der Waals surface area contributed by atoms with Crippen LogP contribution in [-0.2, 0) is 6.54 Å². The highest BCUT2D eigenvalue weighted by Gasteiger charge is 2.21. The topological polar surface area (TPSA) is 43.2 Å². The van der Waals surface area contributed by atoms with Gasteiger partial charge < -0.3 is 4.74 Å². The second-order valence-electron chi connectivity index (χ2n) is 6.38. The van der Waals surface area contributed by atoms with Gasteiger partial charge in [0.15, 0.2) is 0 Å². The Morgan fingerprint density at radius 2 is 1.96 bits per heavy atom. The molecule has 5 nitrogen and oxygen atoms in total. The van der Waals surface area contributed by atoms with E-state index in [1.807, 2.05) is 18.3 Å². The molecule has 24 heavy (non-hydrogen) atoms. The summed E-state index contributed by atoms with van der Waals surface area (Å²) >= 11 is 0. The molecule has 1 saturated heterocycles. The van der Waals surface area contributed by atoms with Gasteiger partial charge in [0.2, 0.25) is 5.88 Å². The van der Waals surface area contributed by atoms with Crippen molar-refractivity contribution < 1.29 is 4.74 Å². The second-order valence-corrected chi connectivity index (χ2v) is 6.38. The van der Waals surface area contributed by atoms with Crippen molar-refractivity contribution in [3.8, 4) is 5.88 Å². The summed E-state index contributed by atoms with van der Waals surface area (Å²) in [4.78, 5) is 6.78. The lowest BCUT2D eigenvalue weighted by atomic mass is 10.0. The summed E-state index contributed by atoms with van der Waals surface area (Å²) in [7, 11) is 1.64. The summed E-state index contributed by atoms with van der Waals surface area (Å²) in [5.41, 5.74) is 2.32. The summed E-state index contributed by atoms with van der Waals surface area (Å²) in [6.07, 6.45) is 6.36. The lowest BCUT2D eigenvalue weighted by Gasteiger charge is -2.32. The molecule has 0 saturated carbocycles. The first-order valence-corrected chi connectivity index (χ1v) is 8.47. The Hall–Kier alpha value is -2.40. The fourth-order valence-corrected chi connectivity index (χ4v) is 3.40. The van der Waals surface area contributed by atoms with Crippen LogP contribution in [0.2, 0.25) is 0 Å². The number of nitrogens with zero attached hydrogens (tertiary/aromatic N) is 4. The van der Waals surface area contributed by atoms with Gasteiger partial charge in [0, 0.05) is 43.5 Å². The highest BCUT2D eigenvalue weighted by Crippen LogP contribution is 2.25. The van der Waals surface area contributed by atoms with Crippen molar-refractivity contribution in [3.05, 3.63) is 54.4 Å². The summed E-state index contributed by atoms with van der Waals surface area (Å²) in [6, 6.07) is 12.9. The maximum Gasteiger partial charge on any atom is 0.212 e. The van der Waals surface area contributed by atoms with Crippen LogP contribution in [0.1, 0.15) is 24.4 Å². The number of fused-ring (bicyclic) bond motifs is 1. The number of rotatable bonds is 4. The third-order valence-electron chi connectivity index (χ3n) is 4.78. The minimum absolute atomic E-state index is 0.502. The molecule has 0 spiro atoms. The zero-order valence-corrected chi connectivity index (χ0v) is 13.9. The maximum atomic E-state index is 5.11. The first kappa shape index (κ1) is 15.1.